The molecule has 0 amide bonds. The van der Waals surface area contributed by atoms with Crippen LogP contribution in [0, 0.1) is 0 Å². The van der Waals surface area contributed by atoms with E-state index in [1.165, 1.54) is 0 Å². The van der Waals surface area contributed by atoms with Gasteiger partial charge in [-0.25, -0.2) is 13.4 Å². The number of halogens is 1. The van der Waals surface area contributed by atoms with Crippen LogP contribution in [0.4, 0.5) is 0 Å². The highest BCUT2D eigenvalue weighted by Crippen LogP contribution is 2.18. The third-order valence-electron chi connectivity index (χ3n) is 0.948. The van der Waals surface area contributed by atoms with E-state index in [0.29, 0.717) is 0 Å². The molecule has 1 N–H and O–H groups in total. The summed E-state index contributed by atoms with van der Waals surface area (Å²) in [6, 6.07) is 0. The highest BCUT2D eigenvalue weighted by Gasteiger charge is 2.22. The topological polar surface area (TPSA) is 66.7 Å². The van der Waals surface area contributed by atoms with Crippen LogP contribution in [0.3, 0.4) is 0 Å². The molecule has 10 heavy (non-hydrogen) atoms. The fourth-order valence-electron chi connectivity index (χ4n) is 0.530. The second kappa shape index (κ2) is 2.44. The first-order valence-electron chi connectivity index (χ1n) is 2.37. The maximum absolute atomic E-state index is 10.8. The summed E-state index contributed by atoms with van der Waals surface area (Å²) in [4.78, 5) is 3.52. The van der Waals surface area contributed by atoms with Crippen LogP contribution in [0.25, 0.3) is 0 Å². The molecule has 0 unspecified atom stereocenters. The van der Waals surface area contributed by atoms with Crippen LogP contribution in [0.15, 0.2) is 15.0 Å². The van der Waals surface area contributed by atoms with Gasteiger partial charge in [0.2, 0.25) is 9.84 Å². The Bertz CT molecular complexity index is 302. The summed E-state index contributed by atoms with van der Waals surface area (Å²) in [5.74, 6) is 0. The minimum absolute atomic E-state index is 0.209. The zero-order chi connectivity index (χ0) is 7.78. The molecule has 0 aromatic carbocycles. The lowest BCUT2D eigenvalue weighted by Crippen LogP contribution is -2.12. The first-order valence-corrected chi connectivity index (χ1v) is 4.71. The maximum atomic E-state index is 10.8. The van der Waals surface area contributed by atoms with Crippen molar-refractivity contribution in [2.45, 2.75) is 0 Å². The van der Waals surface area contributed by atoms with E-state index < -0.39 is 16.4 Å². The summed E-state index contributed by atoms with van der Waals surface area (Å²) >= 11 is 2.88. The van der Waals surface area contributed by atoms with E-state index in [2.05, 4.69) is 20.9 Å². The predicted octanol–water partition coefficient (Wildman–Crippen LogP) is -0.000600. The van der Waals surface area contributed by atoms with Crippen molar-refractivity contribution in [3.8, 4) is 0 Å². The SMILES string of the molecule is O=S1(=O)C=C(Br)N=C1CO. The maximum Gasteiger partial charge on any atom is 0.218 e. The molecule has 0 aromatic rings. The number of rotatable bonds is 1. The minimum atomic E-state index is -3.40. The van der Waals surface area contributed by atoms with E-state index in [4.69, 9.17) is 5.11 Å². The Balaban J connectivity index is 3.15. The molecule has 6 heteroatoms. The summed E-state index contributed by atoms with van der Waals surface area (Å²) in [5.41, 5.74) is 0. The number of aliphatic imine (C=N–C) groups is 1. The Morgan fingerprint density at radius 3 is 2.50 bits per heavy atom. The number of hydrogen-bond donors (Lipinski definition) is 1. The lowest BCUT2D eigenvalue weighted by molar-refractivity contribution is 0.359. The number of nitrogens with zero attached hydrogens (tertiary/aromatic N) is 1. The van der Waals surface area contributed by atoms with E-state index in [9.17, 15) is 8.42 Å². The Labute approximate surface area is 66.3 Å². The zero-order valence-corrected chi connectivity index (χ0v) is 7.18. The third-order valence-corrected chi connectivity index (χ3v) is 3.07. The van der Waals surface area contributed by atoms with Crippen molar-refractivity contribution in [2.75, 3.05) is 6.61 Å². The summed E-state index contributed by atoms with van der Waals surface area (Å²) in [6.07, 6.45) is 0. The largest absolute Gasteiger partial charge is 0.389 e. The first-order chi connectivity index (χ1) is 4.56. The van der Waals surface area contributed by atoms with Gasteiger partial charge in [-0.2, -0.15) is 0 Å². The van der Waals surface area contributed by atoms with Gasteiger partial charge in [0.05, 0.1) is 12.0 Å². The summed E-state index contributed by atoms with van der Waals surface area (Å²) in [6.45, 7) is -0.548. The summed E-state index contributed by atoms with van der Waals surface area (Å²) in [5, 5.41) is 9.20. The average molecular weight is 226 g/mol. The molecular formula is C4H4BrNO3S. The van der Waals surface area contributed by atoms with Crippen molar-refractivity contribution in [3.05, 3.63) is 10.0 Å². The molecule has 0 aromatic heterocycles. The first kappa shape index (κ1) is 7.90. The van der Waals surface area contributed by atoms with Crippen molar-refractivity contribution >= 4 is 30.8 Å². The second-order valence-corrected chi connectivity index (χ2v) is 4.26. The average Bonchev–Trinajstić information content (AvgIpc) is 2.04. The number of aliphatic hydroxyl groups excluding tert-OH is 1. The van der Waals surface area contributed by atoms with Gasteiger partial charge in [-0.15, -0.1) is 0 Å². The van der Waals surface area contributed by atoms with E-state index in [1.807, 2.05) is 0 Å². The fraction of sp³-hybridized carbons (Fsp3) is 0.250. The third kappa shape index (κ3) is 1.28. The van der Waals surface area contributed by atoms with Gasteiger partial charge in [0.25, 0.3) is 0 Å². The van der Waals surface area contributed by atoms with E-state index in [1.54, 1.807) is 0 Å². The van der Waals surface area contributed by atoms with Crippen LogP contribution in [-0.2, 0) is 9.84 Å². The van der Waals surface area contributed by atoms with Crippen LogP contribution < -0.4 is 0 Å². The molecule has 0 spiro atoms. The standard InChI is InChI=1S/C4H4BrNO3S/c5-3-2-10(8,9)4(1-7)6-3/h2,7H,1H2. The second-order valence-electron chi connectivity index (χ2n) is 1.65. The molecule has 0 bridgehead atoms. The normalized spacial score (nSPS) is 22.2. The molecule has 1 rings (SSSR count). The smallest absolute Gasteiger partial charge is 0.218 e. The van der Waals surface area contributed by atoms with Gasteiger partial charge in [0, 0.05) is 0 Å². The lowest BCUT2D eigenvalue weighted by atomic mass is 10.8. The lowest BCUT2D eigenvalue weighted by Gasteiger charge is -1.89. The monoisotopic (exact) mass is 225 g/mol. The quantitative estimate of drug-likeness (QED) is 0.640. The Morgan fingerprint density at radius 1 is 1.70 bits per heavy atom. The van der Waals surface area contributed by atoms with E-state index in [-0.39, 0.29) is 9.65 Å². The molecular weight excluding hydrogens is 222 g/mol. The van der Waals surface area contributed by atoms with Crippen molar-refractivity contribution < 1.29 is 13.5 Å². The Kier molecular flexibility index (Phi) is 1.93. The fourth-order valence-corrected chi connectivity index (χ4v) is 2.45. The van der Waals surface area contributed by atoms with Crippen LogP contribution >= 0.6 is 15.9 Å². The molecule has 0 aliphatic carbocycles. The number of hydrogen-bond acceptors (Lipinski definition) is 4. The molecule has 0 saturated carbocycles. The van der Waals surface area contributed by atoms with E-state index >= 15 is 0 Å². The summed E-state index contributed by atoms with van der Waals surface area (Å²) in [7, 11) is -3.40. The van der Waals surface area contributed by atoms with Crippen molar-refractivity contribution in [1.82, 2.24) is 0 Å². The van der Waals surface area contributed by atoms with Gasteiger partial charge in [-0.05, 0) is 15.9 Å². The highest BCUT2D eigenvalue weighted by molar-refractivity contribution is 9.11. The molecule has 4 nitrogen and oxygen atoms in total. The minimum Gasteiger partial charge on any atom is -0.389 e. The molecule has 0 saturated heterocycles. The van der Waals surface area contributed by atoms with Crippen molar-refractivity contribution in [2.24, 2.45) is 4.99 Å². The zero-order valence-electron chi connectivity index (χ0n) is 4.78. The Morgan fingerprint density at radius 2 is 2.30 bits per heavy atom. The molecule has 0 radical (unpaired) electrons. The number of sulfone groups is 1. The van der Waals surface area contributed by atoms with Crippen LogP contribution in [0.5, 0.6) is 0 Å². The van der Waals surface area contributed by atoms with Crippen LogP contribution in [-0.4, -0.2) is 25.2 Å². The highest BCUT2D eigenvalue weighted by atomic mass is 79.9. The van der Waals surface area contributed by atoms with Gasteiger partial charge >= 0.3 is 0 Å². The Hall–Kier alpha value is -0.200. The predicted molar refractivity (Wildman–Crippen MR) is 40.5 cm³/mol. The number of aliphatic hydroxyl groups is 1. The molecule has 0 fully saturated rings. The van der Waals surface area contributed by atoms with Crippen molar-refractivity contribution in [1.29, 1.82) is 0 Å². The molecule has 56 valence electrons. The van der Waals surface area contributed by atoms with Gasteiger partial charge < -0.3 is 5.11 Å². The molecule has 0 atom stereocenters. The van der Waals surface area contributed by atoms with Gasteiger partial charge in [-0.1, -0.05) is 0 Å². The van der Waals surface area contributed by atoms with Gasteiger partial charge in [-0.3, -0.25) is 0 Å². The van der Waals surface area contributed by atoms with E-state index in [0.717, 1.165) is 5.41 Å². The van der Waals surface area contributed by atoms with Crippen LogP contribution in [0.2, 0.25) is 0 Å². The molecule has 1 heterocycles. The summed E-state index contributed by atoms with van der Waals surface area (Å²) < 4.78 is 21.8. The van der Waals surface area contributed by atoms with Gasteiger partial charge in [0.15, 0.2) is 5.04 Å². The molecule has 1 aliphatic heterocycles. The molecule has 1 aliphatic rings. The van der Waals surface area contributed by atoms with Crippen LogP contribution in [0.1, 0.15) is 0 Å². The van der Waals surface area contributed by atoms with Gasteiger partial charge in [0.1, 0.15) is 4.61 Å². The van der Waals surface area contributed by atoms with Crippen molar-refractivity contribution in [3.63, 3.8) is 0 Å².